The third-order valence-electron chi connectivity index (χ3n) is 12.1. The summed E-state index contributed by atoms with van der Waals surface area (Å²) in [5.74, 6) is -1.49. The molecule has 2 aromatic rings. The number of nitrogens with two attached hydrogens (primary N) is 1. The van der Waals surface area contributed by atoms with Crippen LogP contribution in [0.1, 0.15) is 104 Å². The highest BCUT2D eigenvalue weighted by Gasteiger charge is 2.43. The molecule has 1 fully saturated rings. The van der Waals surface area contributed by atoms with E-state index in [2.05, 4.69) is 24.5 Å². The van der Waals surface area contributed by atoms with Gasteiger partial charge in [0.15, 0.2) is 5.78 Å². The van der Waals surface area contributed by atoms with E-state index >= 15 is 0 Å². The molecule has 1 aliphatic heterocycles. The van der Waals surface area contributed by atoms with E-state index in [9.17, 15) is 19.2 Å². The number of likely N-dealkylation sites (N-methyl/N-ethyl adjacent to an activating group) is 2. The molecule has 0 saturated carbocycles. The van der Waals surface area contributed by atoms with Crippen LogP contribution >= 0.6 is 0 Å². The molecule has 2 aromatic carbocycles. The van der Waals surface area contributed by atoms with Crippen molar-refractivity contribution in [3.8, 4) is 0 Å². The van der Waals surface area contributed by atoms with E-state index < -0.39 is 42.2 Å². The molecule has 11 heteroatoms. The van der Waals surface area contributed by atoms with Crippen molar-refractivity contribution >= 4 is 23.5 Å². The molecule has 0 bridgehead atoms. The third-order valence-corrected chi connectivity index (χ3v) is 12.1. The summed E-state index contributed by atoms with van der Waals surface area (Å²) in [7, 11) is 6.73. The molecule has 3 amide bonds. The maximum Gasteiger partial charge on any atom is 0.226 e. The number of carbonyl (C=O) groups is 4. The lowest BCUT2D eigenvalue weighted by Gasteiger charge is -2.41. The Labute approximate surface area is 336 Å². The fraction of sp³-hybridized carbons (Fsp3) is 0.644. The van der Waals surface area contributed by atoms with Crippen LogP contribution in [0, 0.1) is 29.6 Å². The first-order chi connectivity index (χ1) is 26.6. The van der Waals surface area contributed by atoms with Gasteiger partial charge >= 0.3 is 0 Å². The number of likely N-dealkylation sites (tertiary alicyclic amines) is 1. The number of amides is 3. The maximum atomic E-state index is 14.3. The van der Waals surface area contributed by atoms with Gasteiger partial charge in [-0.3, -0.25) is 19.2 Å². The highest BCUT2D eigenvalue weighted by molar-refractivity contribution is 5.90. The Morgan fingerprint density at radius 3 is 1.96 bits per heavy atom. The number of methoxy groups -OCH3 is 2. The lowest BCUT2D eigenvalue weighted by atomic mass is 9.84. The smallest absolute Gasteiger partial charge is 0.226 e. The lowest BCUT2D eigenvalue weighted by Crippen LogP contribution is -2.54. The summed E-state index contributed by atoms with van der Waals surface area (Å²) >= 11 is 0. The molecule has 1 saturated heterocycles. The topological polar surface area (TPSA) is 143 Å². The van der Waals surface area contributed by atoms with E-state index in [1.54, 1.807) is 33.2 Å². The van der Waals surface area contributed by atoms with Crippen LogP contribution in [0.4, 0.5) is 0 Å². The van der Waals surface area contributed by atoms with Gasteiger partial charge in [0.25, 0.3) is 0 Å². The Morgan fingerprint density at radius 2 is 1.46 bits per heavy atom. The van der Waals surface area contributed by atoms with Gasteiger partial charge in [-0.25, -0.2) is 0 Å². The van der Waals surface area contributed by atoms with Crippen LogP contribution in [0.25, 0.3) is 0 Å². The van der Waals surface area contributed by atoms with Crippen LogP contribution in [0.2, 0.25) is 0 Å². The molecule has 312 valence electrons. The monoisotopic (exact) mass is 778 g/mol. The number of Topliss-reactive ketones (excluding diaryl/α,β-unsaturated/α-hetero) is 1. The van der Waals surface area contributed by atoms with E-state index in [0.29, 0.717) is 13.0 Å². The summed E-state index contributed by atoms with van der Waals surface area (Å²) in [6.45, 7) is 14.5. The number of rotatable bonds is 22. The molecule has 11 nitrogen and oxygen atoms in total. The Morgan fingerprint density at radius 1 is 0.875 bits per heavy atom. The lowest BCUT2D eigenvalue weighted by molar-refractivity contribution is -0.149. The number of nitrogens with one attached hydrogen (secondary N) is 2. The second kappa shape index (κ2) is 22.3. The zero-order valence-corrected chi connectivity index (χ0v) is 35.9. The molecule has 1 heterocycles. The Hall–Kier alpha value is -3.64. The van der Waals surface area contributed by atoms with Gasteiger partial charge < -0.3 is 35.6 Å². The minimum Gasteiger partial charge on any atom is -0.379 e. The number of ketones is 1. The van der Waals surface area contributed by atoms with Gasteiger partial charge in [0.2, 0.25) is 17.7 Å². The third kappa shape index (κ3) is 11.7. The van der Waals surface area contributed by atoms with Crippen molar-refractivity contribution in [1.29, 1.82) is 0 Å². The number of benzene rings is 2. The molecule has 0 radical (unpaired) electrons. The first kappa shape index (κ1) is 46.7. The van der Waals surface area contributed by atoms with Gasteiger partial charge in [-0.05, 0) is 48.8 Å². The van der Waals surface area contributed by atoms with Crippen LogP contribution in [-0.2, 0) is 28.7 Å². The van der Waals surface area contributed by atoms with Gasteiger partial charge in [-0.1, -0.05) is 116 Å². The largest absolute Gasteiger partial charge is 0.379 e. The summed E-state index contributed by atoms with van der Waals surface area (Å²) in [6, 6.07) is 17.4. The number of hydrogen-bond donors (Lipinski definition) is 3. The Kier molecular flexibility index (Phi) is 18.6. The van der Waals surface area contributed by atoms with Crippen molar-refractivity contribution < 1.29 is 28.7 Å². The predicted molar refractivity (Wildman–Crippen MR) is 222 cm³/mol. The van der Waals surface area contributed by atoms with Gasteiger partial charge in [0.05, 0.1) is 54.8 Å². The zero-order chi connectivity index (χ0) is 41.7. The van der Waals surface area contributed by atoms with Gasteiger partial charge in [-0.2, -0.15) is 0 Å². The molecule has 0 aromatic heterocycles. The fourth-order valence-corrected chi connectivity index (χ4v) is 8.58. The van der Waals surface area contributed by atoms with Crippen molar-refractivity contribution in [3.05, 3.63) is 71.8 Å². The average molecular weight is 778 g/mol. The standard InChI is InChI=1S/C45H71N5O6/c1-12-30(6)42(49(9)45(54)34(28(2)3)26-36(51)40(47-8)29(4)5)37(55-10)27-38(52)50-25-19-24-35(50)43(56-11)31(7)44(53)48-41(33-22-17-14-18-23-33)39(46)32-20-15-13-16-21-32/h13-18,20-23,28-31,34-35,37,39-43,47H,12,19,24-27,46H2,1-11H3,(H,48,53)/t30-,31+,34-,35-,37+,39-,40-,41-,42-,43+/m0/s1. The van der Waals surface area contributed by atoms with E-state index in [1.807, 2.05) is 100 Å². The molecule has 1 aliphatic rings. The first-order valence-electron chi connectivity index (χ1n) is 20.6. The van der Waals surface area contributed by atoms with Crippen LogP contribution < -0.4 is 16.4 Å². The van der Waals surface area contributed by atoms with E-state index in [1.165, 1.54) is 0 Å². The fourth-order valence-electron chi connectivity index (χ4n) is 8.58. The molecule has 3 rings (SSSR count). The molecular weight excluding hydrogens is 707 g/mol. The normalized spacial score (nSPS) is 19.4. The minimum absolute atomic E-state index is 0.00979. The average Bonchev–Trinajstić information content (AvgIpc) is 3.68. The second-order valence-electron chi connectivity index (χ2n) is 16.5. The van der Waals surface area contributed by atoms with Crippen molar-refractivity contribution in [1.82, 2.24) is 20.4 Å². The highest BCUT2D eigenvalue weighted by Crippen LogP contribution is 2.32. The molecule has 10 atom stereocenters. The molecule has 0 unspecified atom stereocenters. The van der Waals surface area contributed by atoms with E-state index in [0.717, 1.165) is 24.0 Å². The van der Waals surface area contributed by atoms with Crippen molar-refractivity contribution in [2.75, 3.05) is 34.9 Å². The van der Waals surface area contributed by atoms with Crippen LogP contribution in [0.5, 0.6) is 0 Å². The predicted octanol–water partition coefficient (Wildman–Crippen LogP) is 5.94. The van der Waals surface area contributed by atoms with Crippen LogP contribution in [-0.4, -0.2) is 98.5 Å². The number of ether oxygens (including phenoxy) is 2. The Bertz CT molecular complexity index is 1520. The maximum absolute atomic E-state index is 14.3. The summed E-state index contributed by atoms with van der Waals surface area (Å²) in [5.41, 5.74) is 8.59. The van der Waals surface area contributed by atoms with E-state index in [4.69, 9.17) is 15.2 Å². The number of carbonyl (C=O) groups excluding carboxylic acids is 4. The molecule has 56 heavy (non-hydrogen) atoms. The first-order valence-corrected chi connectivity index (χ1v) is 20.6. The SMILES string of the molecule is CC[C@H](C)[C@@H]([C@@H](CC(=O)N1CCC[C@H]1[C@H](OC)[C@@H](C)C(=O)N[C@@H](c1ccccc1)[C@@H](N)c1ccccc1)OC)N(C)C(=O)[C@@H](CC(=O)[C@@H](NC)C(C)C)C(C)C. The summed E-state index contributed by atoms with van der Waals surface area (Å²) in [6.07, 6.45) is 1.25. The molecule has 4 N–H and O–H groups in total. The van der Waals surface area contributed by atoms with Crippen molar-refractivity contribution in [2.45, 2.75) is 123 Å². The quantitative estimate of drug-likeness (QED) is 0.133. The second-order valence-corrected chi connectivity index (χ2v) is 16.5. The molecular formula is C45H71N5O6. The van der Waals surface area contributed by atoms with Crippen molar-refractivity contribution in [2.24, 2.45) is 35.3 Å². The molecule has 0 spiro atoms. The summed E-state index contributed by atoms with van der Waals surface area (Å²) in [5, 5.41) is 6.35. The number of hydrogen-bond acceptors (Lipinski definition) is 8. The van der Waals surface area contributed by atoms with Crippen LogP contribution in [0.15, 0.2) is 60.7 Å². The van der Waals surface area contributed by atoms with Gasteiger partial charge in [-0.15, -0.1) is 0 Å². The van der Waals surface area contributed by atoms with Gasteiger partial charge in [0.1, 0.15) is 0 Å². The van der Waals surface area contributed by atoms with Gasteiger partial charge in [0, 0.05) is 40.2 Å². The minimum atomic E-state index is -0.601. The molecule has 0 aliphatic carbocycles. The zero-order valence-electron chi connectivity index (χ0n) is 35.9. The highest BCUT2D eigenvalue weighted by atomic mass is 16.5. The van der Waals surface area contributed by atoms with Crippen molar-refractivity contribution in [3.63, 3.8) is 0 Å². The summed E-state index contributed by atoms with van der Waals surface area (Å²) in [4.78, 5) is 59.6. The Balaban J connectivity index is 1.82. The van der Waals surface area contributed by atoms with Crippen LogP contribution in [0.3, 0.4) is 0 Å². The number of nitrogens with zero attached hydrogens (tertiary/aromatic N) is 2. The summed E-state index contributed by atoms with van der Waals surface area (Å²) < 4.78 is 12.1. The van der Waals surface area contributed by atoms with E-state index in [-0.39, 0.29) is 66.2 Å².